The summed E-state index contributed by atoms with van der Waals surface area (Å²) in [4.78, 5) is 0. The van der Waals surface area contributed by atoms with Gasteiger partial charge in [0.25, 0.3) is 0 Å². The number of hydrogen-bond acceptors (Lipinski definition) is 3. The van der Waals surface area contributed by atoms with Gasteiger partial charge in [-0.15, -0.1) is 0 Å². The number of methoxy groups -OCH3 is 1. The summed E-state index contributed by atoms with van der Waals surface area (Å²) in [6.07, 6.45) is 0.888. The predicted octanol–water partition coefficient (Wildman–Crippen LogP) is 3.18. The van der Waals surface area contributed by atoms with Crippen LogP contribution in [0.15, 0.2) is 24.3 Å². The van der Waals surface area contributed by atoms with Gasteiger partial charge in [0.2, 0.25) is 0 Å². The summed E-state index contributed by atoms with van der Waals surface area (Å²) in [6.45, 7) is 4.92. The first-order valence-electron chi connectivity index (χ1n) is 6.76. The lowest BCUT2D eigenvalue weighted by Gasteiger charge is -2.17. The van der Waals surface area contributed by atoms with Crippen molar-refractivity contribution in [3.05, 3.63) is 46.2 Å². The fourth-order valence-electron chi connectivity index (χ4n) is 2.27. The number of ether oxygens (including phenoxy) is 1. The van der Waals surface area contributed by atoms with E-state index in [0.29, 0.717) is 5.02 Å². The molecule has 1 aromatic carbocycles. The maximum Gasteiger partial charge on any atom is 0.124 e. The molecule has 0 aliphatic carbocycles. The van der Waals surface area contributed by atoms with Gasteiger partial charge >= 0.3 is 0 Å². The molecule has 4 nitrogen and oxygen atoms in total. The number of aromatic nitrogens is 2. The number of rotatable bonds is 5. The standard InChI is InChI=1S/C15H20ClN3O/c1-4-11-9-13(19(5-2)18-11)15(17)12-8-10(16)6-7-14(12)20-3/h6-9,15H,4-5,17H2,1-3H3. The number of nitrogens with zero attached hydrogens (tertiary/aromatic N) is 2. The van der Waals surface area contributed by atoms with Gasteiger partial charge in [0.1, 0.15) is 5.75 Å². The minimum Gasteiger partial charge on any atom is -0.496 e. The number of benzene rings is 1. The van der Waals surface area contributed by atoms with Crippen molar-refractivity contribution in [2.75, 3.05) is 7.11 Å². The molecule has 1 atom stereocenters. The molecule has 0 aliphatic heterocycles. The molecule has 1 aromatic heterocycles. The third-order valence-corrected chi connectivity index (χ3v) is 3.60. The second-order valence-corrected chi connectivity index (χ2v) is 5.03. The van der Waals surface area contributed by atoms with E-state index in [1.165, 1.54) is 0 Å². The molecular formula is C15H20ClN3O. The SMILES string of the molecule is CCc1cc(C(N)c2cc(Cl)ccc2OC)n(CC)n1. The maximum atomic E-state index is 6.41. The van der Waals surface area contributed by atoms with Gasteiger partial charge in [0.05, 0.1) is 24.5 Å². The molecule has 2 N–H and O–H groups in total. The van der Waals surface area contributed by atoms with Gasteiger partial charge in [-0.05, 0) is 37.6 Å². The number of halogens is 1. The first-order valence-corrected chi connectivity index (χ1v) is 7.14. The van der Waals surface area contributed by atoms with Gasteiger partial charge in [-0.3, -0.25) is 4.68 Å². The molecule has 0 saturated carbocycles. The summed E-state index contributed by atoms with van der Waals surface area (Å²) in [6, 6.07) is 7.23. The van der Waals surface area contributed by atoms with Crippen LogP contribution in [0.5, 0.6) is 5.75 Å². The van der Waals surface area contributed by atoms with E-state index in [1.54, 1.807) is 13.2 Å². The van der Waals surface area contributed by atoms with E-state index in [-0.39, 0.29) is 6.04 Å². The van der Waals surface area contributed by atoms with E-state index in [0.717, 1.165) is 35.7 Å². The van der Waals surface area contributed by atoms with E-state index >= 15 is 0 Å². The molecule has 0 fully saturated rings. The van der Waals surface area contributed by atoms with Crippen LogP contribution < -0.4 is 10.5 Å². The second-order valence-electron chi connectivity index (χ2n) is 4.59. The zero-order chi connectivity index (χ0) is 14.7. The lowest BCUT2D eigenvalue weighted by molar-refractivity contribution is 0.407. The Morgan fingerprint density at radius 3 is 2.70 bits per heavy atom. The fourth-order valence-corrected chi connectivity index (χ4v) is 2.45. The van der Waals surface area contributed by atoms with Crippen LogP contribution in [0.25, 0.3) is 0 Å². The Balaban J connectivity index is 2.47. The molecular weight excluding hydrogens is 274 g/mol. The van der Waals surface area contributed by atoms with Crippen LogP contribution in [-0.4, -0.2) is 16.9 Å². The van der Waals surface area contributed by atoms with Crippen LogP contribution in [-0.2, 0) is 13.0 Å². The van der Waals surface area contributed by atoms with Crippen LogP contribution in [0.1, 0.15) is 36.8 Å². The number of nitrogens with two attached hydrogens (primary N) is 1. The topological polar surface area (TPSA) is 53.1 Å². The molecule has 108 valence electrons. The molecule has 20 heavy (non-hydrogen) atoms. The summed E-state index contributed by atoms with van der Waals surface area (Å²) in [5.41, 5.74) is 9.30. The van der Waals surface area contributed by atoms with Gasteiger partial charge in [-0.2, -0.15) is 5.10 Å². The van der Waals surface area contributed by atoms with Crippen LogP contribution in [0.3, 0.4) is 0 Å². The first-order chi connectivity index (χ1) is 9.60. The summed E-state index contributed by atoms with van der Waals surface area (Å²) < 4.78 is 7.32. The van der Waals surface area contributed by atoms with Crippen molar-refractivity contribution in [3.8, 4) is 5.75 Å². The summed E-state index contributed by atoms with van der Waals surface area (Å²) in [7, 11) is 1.63. The predicted molar refractivity (Wildman–Crippen MR) is 81.3 cm³/mol. The average Bonchev–Trinajstić information content (AvgIpc) is 2.89. The largest absolute Gasteiger partial charge is 0.496 e. The molecule has 5 heteroatoms. The normalized spacial score (nSPS) is 12.4. The van der Waals surface area contributed by atoms with E-state index < -0.39 is 0 Å². The highest BCUT2D eigenvalue weighted by Crippen LogP contribution is 2.31. The van der Waals surface area contributed by atoms with Gasteiger partial charge in [-0.1, -0.05) is 18.5 Å². The highest BCUT2D eigenvalue weighted by atomic mass is 35.5. The van der Waals surface area contributed by atoms with Crippen LogP contribution >= 0.6 is 11.6 Å². The van der Waals surface area contributed by atoms with Crippen molar-refractivity contribution in [1.29, 1.82) is 0 Å². The van der Waals surface area contributed by atoms with Crippen molar-refractivity contribution in [2.45, 2.75) is 32.9 Å². The fraction of sp³-hybridized carbons (Fsp3) is 0.400. The van der Waals surface area contributed by atoms with E-state index in [4.69, 9.17) is 22.1 Å². The summed E-state index contributed by atoms with van der Waals surface area (Å²) in [5.74, 6) is 0.740. The van der Waals surface area contributed by atoms with Crippen molar-refractivity contribution >= 4 is 11.6 Å². The molecule has 1 heterocycles. The second kappa shape index (κ2) is 6.29. The Bertz CT molecular complexity index is 595. The molecule has 0 saturated heterocycles. The van der Waals surface area contributed by atoms with Crippen molar-refractivity contribution < 1.29 is 4.74 Å². The lowest BCUT2D eigenvalue weighted by atomic mass is 10.0. The van der Waals surface area contributed by atoms with E-state index in [1.807, 2.05) is 16.8 Å². The zero-order valence-corrected chi connectivity index (χ0v) is 12.8. The Labute approximate surface area is 124 Å². The molecule has 1 unspecified atom stereocenters. The van der Waals surface area contributed by atoms with Crippen LogP contribution in [0.2, 0.25) is 5.02 Å². The minimum absolute atomic E-state index is 0.309. The van der Waals surface area contributed by atoms with Gasteiger partial charge in [0, 0.05) is 17.1 Å². The monoisotopic (exact) mass is 293 g/mol. The third kappa shape index (κ3) is 2.81. The van der Waals surface area contributed by atoms with Gasteiger partial charge < -0.3 is 10.5 Å². The van der Waals surface area contributed by atoms with Crippen molar-refractivity contribution in [3.63, 3.8) is 0 Å². The van der Waals surface area contributed by atoms with Crippen molar-refractivity contribution in [1.82, 2.24) is 9.78 Å². The average molecular weight is 294 g/mol. The van der Waals surface area contributed by atoms with Gasteiger partial charge in [-0.25, -0.2) is 0 Å². The number of hydrogen-bond donors (Lipinski definition) is 1. The van der Waals surface area contributed by atoms with E-state index in [9.17, 15) is 0 Å². The Kier molecular flexibility index (Phi) is 4.68. The molecule has 2 rings (SSSR count). The molecule has 2 aromatic rings. The molecule has 0 amide bonds. The number of aryl methyl sites for hydroxylation is 2. The lowest BCUT2D eigenvalue weighted by Crippen LogP contribution is -2.18. The van der Waals surface area contributed by atoms with Crippen LogP contribution in [0, 0.1) is 0 Å². The molecule has 0 spiro atoms. The maximum absolute atomic E-state index is 6.41. The van der Waals surface area contributed by atoms with Gasteiger partial charge in [0.15, 0.2) is 0 Å². The zero-order valence-electron chi connectivity index (χ0n) is 12.1. The smallest absolute Gasteiger partial charge is 0.124 e. The highest BCUT2D eigenvalue weighted by Gasteiger charge is 2.19. The van der Waals surface area contributed by atoms with Crippen LogP contribution in [0.4, 0.5) is 0 Å². The summed E-state index contributed by atoms with van der Waals surface area (Å²) in [5, 5.41) is 5.18. The Hall–Kier alpha value is -1.52. The van der Waals surface area contributed by atoms with Crippen molar-refractivity contribution in [2.24, 2.45) is 5.73 Å². The molecule has 0 aliphatic rings. The highest BCUT2D eigenvalue weighted by molar-refractivity contribution is 6.30. The molecule has 0 radical (unpaired) electrons. The summed E-state index contributed by atoms with van der Waals surface area (Å²) >= 11 is 6.08. The Morgan fingerprint density at radius 1 is 1.35 bits per heavy atom. The molecule has 0 bridgehead atoms. The minimum atomic E-state index is -0.309. The first kappa shape index (κ1) is 14.9. The third-order valence-electron chi connectivity index (χ3n) is 3.37. The quantitative estimate of drug-likeness (QED) is 0.921. The van der Waals surface area contributed by atoms with E-state index in [2.05, 4.69) is 25.0 Å². The Morgan fingerprint density at radius 2 is 2.10 bits per heavy atom.